The van der Waals surface area contributed by atoms with Crippen LogP contribution in [0.25, 0.3) is 0 Å². The van der Waals surface area contributed by atoms with E-state index >= 15 is 0 Å². The topological polar surface area (TPSA) is 21.3 Å². The lowest BCUT2D eigenvalue weighted by atomic mass is 10.1. The van der Waals surface area contributed by atoms with Gasteiger partial charge in [-0.25, -0.2) is 0 Å². The Hall–Kier alpha value is -0.700. The molecule has 0 bridgehead atoms. The minimum absolute atomic E-state index is 0.157. The smallest absolute Gasteiger partial charge is 0.123 e. The zero-order valence-corrected chi connectivity index (χ0v) is 10.3. The van der Waals surface area contributed by atoms with Crippen LogP contribution in [0, 0.1) is 0 Å². The molecule has 2 nitrogen and oxygen atoms in total. The Morgan fingerprint density at radius 3 is 3.12 bits per heavy atom. The first-order valence-corrected chi connectivity index (χ1v) is 5.90. The van der Waals surface area contributed by atoms with Crippen molar-refractivity contribution in [2.45, 2.75) is 12.5 Å². The molecule has 1 heterocycles. The highest BCUT2D eigenvalue weighted by atomic mass is 35.5. The first-order chi connectivity index (χ1) is 7.65. The fraction of sp³-hybridized carbons (Fsp3) is 0.333. The molecule has 1 aromatic rings. The second-order valence-electron chi connectivity index (χ2n) is 3.84. The van der Waals surface area contributed by atoms with Crippen molar-refractivity contribution in [3.05, 3.63) is 40.4 Å². The zero-order valence-electron chi connectivity index (χ0n) is 8.80. The van der Waals surface area contributed by atoms with E-state index in [1.807, 2.05) is 18.2 Å². The molecule has 1 aromatic carbocycles. The van der Waals surface area contributed by atoms with Crippen molar-refractivity contribution in [1.29, 1.82) is 0 Å². The van der Waals surface area contributed by atoms with Crippen molar-refractivity contribution < 1.29 is 4.74 Å². The summed E-state index contributed by atoms with van der Waals surface area (Å²) in [5, 5.41) is 4.55. The first-order valence-electron chi connectivity index (χ1n) is 5.14. The third-order valence-electron chi connectivity index (χ3n) is 2.45. The Balaban J connectivity index is 1.88. The van der Waals surface area contributed by atoms with E-state index in [4.69, 9.17) is 27.9 Å². The third-order valence-corrected chi connectivity index (χ3v) is 2.82. The molecule has 2 rings (SSSR count). The van der Waals surface area contributed by atoms with Crippen LogP contribution in [0.1, 0.15) is 5.56 Å². The van der Waals surface area contributed by atoms with Crippen molar-refractivity contribution in [2.75, 3.05) is 13.1 Å². The van der Waals surface area contributed by atoms with Crippen LogP contribution in [0.15, 0.2) is 29.8 Å². The fourth-order valence-corrected chi connectivity index (χ4v) is 2.06. The highest BCUT2D eigenvalue weighted by molar-refractivity contribution is 6.30. The SMILES string of the molecule is C=C(Cl)CNCC1Cc2cc(Cl)ccc2O1. The molecule has 0 saturated heterocycles. The average molecular weight is 258 g/mol. The molecule has 0 spiro atoms. The van der Waals surface area contributed by atoms with Gasteiger partial charge in [-0.05, 0) is 23.8 Å². The standard InChI is InChI=1S/C12H13Cl2NO/c1-8(13)6-15-7-11-5-9-4-10(14)2-3-12(9)16-11/h2-4,11,15H,1,5-7H2. The molecule has 0 aliphatic carbocycles. The monoisotopic (exact) mass is 257 g/mol. The van der Waals surface area contributed by atoms with Gasteiger partial charge in [0.2, 0.25) is 0 Å². The fourth-order valence-electron chi connectivity index (χ4n) is 1.77. The molecule has 0 saturated carbocycles. The summed E-state index contributed by atoms with van der Waals surface area (Å²) in [6.07, 6.45) is 1.04. The van der Waals surface area contributed by atoms with Gasteiger partial charge in [0.25, 0.3) is 0 Å². The van der Waals surface area contributed by atoms with E-state index in [0.29, 0.717) is 11.6 Å². The summed E-state index contributed by atoms with van der Waals surface area (Å²) in [5.41, 5.74) is 1.17. The van der Waals surface area contributed by atoms with E-state index in [2.05, 4.69) is 11.9 Å². The number of hydrogen-bond donors (Lipinski definition) is 1. The Bertz CT molecular complexity index is 406. The van der Waals surface area contributed by atoms with Gasteiger partial charge in [0, 0.05) is 29.6 Å². The zero-order chi connectivity index (χ0) is 11.5. The molecule has 0 radical (unpaired) electrons. The lowest BCUT2D eigenvalue weighted by molar-refractivity contribution is 0.229. The van der Waals surface area contributed by atoms with Gasteiger partial charge in [-0.3, -0.25) is 0 Å². The Morgan fingerprint density at radius 1 is 1.56 bits per heavy atom. The molecule has 0 amide bonds. The lowest BCUT2D eigenvalue weighted by Gasteiger charge is -2.11. The second-order valence-corrected chi connectivity index (χ2v) is 4.82. The van der Waals surface area contributed by atoms with Gasteiger partial charge >= 0.3 is 0 Å². The van der Waals surface area contributed by atoms with Crippen LogP contribution >= 0.6 is 23.2 Å². The predicted octanol–water partition coefficient (Wildman–Crippen LogP) is 2.99. The second kappa shape index (κ2) is 5.09. The molecule has 0 aromatic heterocycles. The average Bonchev–Trinajstić information content (AvgIpc) is 2.58. The van der Waals surface area contributed by atoms with Gasteiger partial charge in [0.05, 0.1) is 0 Å². The summed E-state index contributed by atoms with van der Waals surface area (Å²) in [7, 11) is 0. The number of benzene rings is 1. The van der Waals surface area contributed by atoms with E-state index < -0.39 is 0 Å². The van der Waals surface area contributed by atoms with Crippen molar-refractivity contribution >= 4 is 23.2 Å². The van der Waals surface area contributed by atoms with Gasteiger partial charge in [-0.1, -0.05) is 29.8 Å². The number of fused-ring (bicyclic) bond motifs is 1. The van der Waals surface area contributed by atoms with Crippen molar-refractivity contribution in [3.63, 3.8) is 0 Å². The van der Waals surface area contributed by atoms with Gasteiger partial charge in [0.15, 0.2) is 0 Å². The Labute approximate surface area is 105 Å². The Morgan fingerprint density at radius 2 is 2.38 bits per heavy atom. The maximum atomic E-state index is 5.92. The van der Waals surface area contributed by atoms with E-state index in [-0.39, 0.29) is 6.10 Å². The van der Waals surface area contributed by atoms with Crippen molar-refractivity contribution in [2.24, 2.45) is 0 Å². The largest absolute Gasteiger partial charge is 0.488 e. The highest BCUT2D eigenvalue weighted by Crippen LogP contribution is 2.30. The molecule has 1 aliphatic rings. The summed E-state index contributed by atoms with van der Waals surface area (Å²) in [5.74, 6) is 0.931. The molecule has 1 aliphatic heterocycles. The molecule has 1 atom stereocenters. The van der Waals surface area contributed by atoms with E-state index in [9.17, 15) is 0 Å². The number of ether oxygens (including phenoxy) is 1. The lowest BCUT2D eigenvalue weighted by Crippen LogP contribution is -2.30. The van der Waals surface area contributed by atoms with Gasteiger partial charge in [-0.15, -0.1) is 0 Å². The van der Waals surface area contributed by atoms with Gasteiger partial charge in [0.1, 0.15) is 11.9 Å². The maximum absolute atomic E-state index is 5.92. The van der Waals surface area contributed by atoms with Gasteiger partial charge in [-0.2, -0.15) is 0 Å². The molecule has 0 fully saturated rings. The van der Waals surface area contributed by atoms with E-state index in [0.717, 1.165) is 23.7 Å². The minimum atomic E-state index is 0.157. The van der Waals surface area contributed by atoms with Gasteiger partial charge < -0.3 is 10.1 Å². The van der Waals surface area contributed by atoms with Crippen LogP contribution in [-0.4, -0.2) is 19.2 Å². The molecule has 16 heavy (non-hydrogen) atoms. The molecule has 86 valence electrons. The summed E-state index contributed by atoms with van der Waals surface area (Å²) in [6.45, 7) is 4.99. The summed E-state index contributed by atoms with van der Waals surface area (Å²) >= 11 is 11.6. The number of halogens is 2. The molecular formula is C12H13Cl2NO. The Kier molecular flexibility index (Phi) is 3.74. The molecule has 4 heteroatoms. The number of hydrogen-bond acceptors (Lipinski definition) is 2. The summed E-state index contributed by atoms with van der Waals surface area (Å²) in [6, 6.07) is 5.71. The van der Waals surface area contributed by atoms with Crippen LogP contribution in [0.5, 0.6) is 5.75 Å². The highest BCUT2D eigenvalue weighted by Gasteiger charge is 2.22. The molecular weight excluding hydrogens is 245 g/mol. The van der Waals surface area contributed by atoms with Crippen LogP contribution < -0.4 is 10.1 Å². The van der Waals surface area contributed by atoms with Crippen LogP contribution in [0.2, 0.25) is 5.02 Å². The predicted molar refractivity (Wildman–Crippen MR) is 67.4 cm³/mol. The summed E-state index contributed by atoms with van der Waals surface area (Å²) in [4.78, 5) is 0. The van der Waals surface area contributed by atoms with E-state index in [1.54, 1.807) is 0 Å². The molecule has 1 N–H and O–H groups in total. The molecule has 1 unspecified atom stereocenters. The third kappa shape index (κ3) is 2.91. The number of rotatable bonds is 4. The minimum Gasteiger partial charge on any atom is -0.488 e. The van der Waals surface area contributed by atoms with Crippen molar-refractivity contribution in [3.8, 4) is 5.75 Å². The summed E-state index contributed by atoms with van der Waals surface area (Å²) < 4.78 is 5.75. The van der Waals surface area contributed by atoms with Crippen LogP contribution in [0.3, 0.4) is 0 Å². The normalized spacial score (nSPS) is 18.0. The van der Waals surface area contributed by atoms with Crippen LogP contribution in [-0.2, 0) is 6.42 Å². The first kappa shape index (κ1) is 11.8. The quantitative estimate of drug-likeness (QED) is 0.896. The van der Waals surface area contributed by atoms with Crippen molar-refractivity contribution in [1.82, 2.24) is 5.32 Å². The van der Waals surface area contributed by atoms with E-state index in [1.165, 1.54) is 5.56 Å². The van der Waals surface area contributed by atoms with Crippen LogP contribution in [0.4, 0.5) is 0 Å². The maximum Gasteiger partial charge on any atom is 0.123 e. The number of nitrogens with one attached hydrogen (secondary N) is 1.